The molecule has 0 fully saturated rings. The first-order valence-corrected chi connectivity index (χ1v) is 6.89. The number of anilines is 1. The average Bonchev–Trinajstić information content (AvgIpc) is 2.49. The quantitative estimate of drug-likeness (QED) is 0.550. The lowest BCUT2D eigenvalue weighted by atomic mass is 10.1. The van der Waals surface area contributed by atoms with Crippen LogP contribution in [-0.2, 0) is 16.0 Å². The smallest absolute Gasteiger partial charge is 0.325 e. The van der Waals surface area contributed by atoms with Gasteiger partial charge >= 0.3 is 5.97 Å². The van der Waals surface area contributed by atoms with Gasteiger partial charge in [0.2, 0.25) is 0 Å². The first-order valence-electron chi connectivity index (χ1n) is 6.89. The molecule has 0 spiro atoms. The van der Waals surface area contributed by atoms with Crippen LogP contribution in [0.3, 0.4) is 0 Å². The van der Waals surface area contributed by atoms with Gasteiger partial charge in [-0.25, -0.2) is 0 Å². The van der Waals surface area contributed by atoms with Gasteiger partial charge in [-0.3, -0.25) is 9.59 Å². The molecule has 1 rings (SSSR count). The highest BCUT2D eigenvalue weighted by Crippen LogP contribution is 2.21. The Hall–Kier alpha value is -2.81. The Labute approximate surface area is 129 Å². The van der Waals surface area contributed by atoms with Crippen molar-refractivity contribution in [2.24, 2.45) is 0 Å². The minimum Gasteiger partial charge on any atom is -0.480 e. The number of nitrogens with zero attached hydrogens (tertiary/aromatic N) is 1. The zero-order chi connectivity index (χ0) is 16.7. The molecule has 22 heavy (non-hydrogen) atoms. The second-order valence-corrected chi connectivity index (χ2v) is 4.81. The molecule has 0 saturated heterocycles. The molecule has 0 aliphatic carbocycles. The molecule has 1 aromatic carbocycles. The van der Waals surface area contributed by atoms with Crippen LogP contribution >= 0.6 is 0 Å². The summed E-state index contributed by atoms with van der Waals surface area (Å²) >= 11 is 0. The zero-order valence-electron chi connectivity index (χ0n) is 12.8. The van der Waals surface area contributed by atoms with Gasteiger partial charge in [0.05, 0.1) is 0 Å². The van der Waals surface area contributed by atoms with E-state index >= 15 is 0 Å². The second-order valence-electron chi connectivity index (χ2n) is 4.81. The van der Waals surface area contributed by atoms with Crippen LogP contribution in [0.15, 0.2) is 30.0 Å². The number of aryl methyl sites for hydroxylation is 2. The molecular formula is C16H19N3O3. The zero-order valence-corrected chi connectivity index (χ0v) is 12.8. The fourth-order valence-corrected chi connectivity index (χ4v) is 1.81. The predicted octanol–water partition coefficient (Wildman–Crippen LogP) is 1.97. The molecule has 0 radical (unpaired) electrons. The Kier molecular flexibility index (Phi) is 6.14. The number of rotatable bonds is 6. The predicted molar refractivity (Wildman–Crippen MR) is 83.1 cm³/mol. The van der Waals surface area contributed by atoms with Crippen LogP contribution in [0.2, 0.25) is 0 Å². The van der Waals surface area contributed by atoms with Crippen LogP contribution in [0.4, 0.5) is 5.69 Å². The van der Waals surface area contributed by atoms with Gasteiger partial charge in [0, 0.05) is 11.9 Å². The minimum absolute atomic E-state index is 0.182. The van der Waals surface area contributed by atoms with Crippen molar-refractivity contribution < 1.29 is 14.7 Å². The summed E-state index contributed by atoms with van der Waals surface area (Å²) in [7, 11) is 0. The van der Waals surface area contributed by atoms with E-state index in [4.69, 9.17) is 10.4 Å². The van der Waals surface area contributed by atoms with Crippen LogP contribution in [0, 0.1) is 18.3 Å². The van der Waals surface area contributed by atoms with Crippen molar-refractivity contribution in [1.29, 1.82) is 5.26 Å². The summed E-state index contributed by atoms with van der Waals surface area (Å²) in [6.45, 7) is 5.26. The van der Waals surface area contributed by atoms with Crippen LogP contribution in [0.5, 0.6) is 0 Å². The Balaban J connectivity index is 2.94. The Morgan fingerprint density at radius 2 is 2.14 bits per heavy atom. The van der Waals surface area contributed by atoms with Crippen molar-refractivity contribution in [3.05, 3.63) is 41.1 Å². The van der Waals surface area contributed by atoms with Crippen LogP contribution < -0.4 is 10.6 Å². The molecule has 0 aliphatic rings. The van der Waals surface area contributed by atoms with E-state index in [0.29, 0.717) is 5.69 Å². The summed E-state index contributed by atoms with van der Waals surface area (Å²) in [4.78, 5) is 22.9. The number of nitrogens with one attached hydrogen (secondary N) is 2. The molecule has 1 aromatic rings. The van der Waals surface area contributed by atoms with Gasteiger partial charge in [-0.2, -0.15) is 5.26 Å². The van der Waals surface area contributed by atoms with E-state index in [9.17, 15) is 9.59 Å². The Morgan fingerprint density at radius 1 is 1.45 bits per heavy atom. The first kappa shape index (κ1) is 17.2. The van der Waals surface area contributed by atoms with Gasteiger partial charge in [-0.15, -0.1) is 0 Å². The molecule has 6 heteroatoms. The third-order valence-electron chi connectivity index (χ3n) is 3.19. The summed E-state index contributed by atoms with van der Waals surface area (Å²) in [6, 6.07) is 6.56. The summed E-state index contributed by atoms with van der Waals surface area (Å²) in [5, 5.41) is 23.0. The highest BCUT2D eigenvalue weighted by Gasteiger charge is 2.14. The molecular weight excluding hydrogens is 282 g/mol. The van der Waals surface area contributed by atoms with Crippen molar-refractivity contribution in [2.45, 2.75) is 33.2 Å². The summed E-state index contributed by atoms with van der Waals surface area (Å²) < 4.78 is 0. The van der Waals surface area contributed by atoms with Gasteiger partial charge in [0.1, 0.15) is 17.7 Å². The van der Waals surface area contributed by atoms with Crippen LogP contribution in [-0.4, -0.2) is 23.0 Å². The maximum Gasteiger partial charge on any atom is 0.325 e. The fraction of sp³-hybridized carbons (Fsp3) is 0.312. The molecule has 6 nitrogen and oxygen atoms in total. The Bertz CT molecular complexity index is 645. The number of carbonyl (C=O) groups is 2. The molecule has 0 saturated carbocycles. The topological polar surface area (TPSA) is 102 Å². The number of amides is 1. The molecule has 3 N–H and O–H groups in total. The number of aliphatic carboxylic acids is 1. The van der Waals surface area contributed by atoms with E-state index in [2.05, 4.69) is 10.6 Å². The van der Waals surface area contributed by atoms with Crippen molar-refractivity contribution in [3.8, 4) is 6.07 Å². The average molecular weight is 301 g/mol. The third-order valence-corrected chi connectivity index (χ3v) is 3.19. The lowest BCUT2D eigenvalue weighted by molar-refractivity contribution is -0.138. The molecule has 0 bridgehead atoms. The number of benzene rings is 1. The summed E-state index contributed by atoms with van der Waals surface area (Å²) in [5.74, 6) is -1.64. The van der Waals surface area contributed by atoms with E-state index < -0.39 is 17.9 Å². The van der Waals surface area contributed by atoms with Crippen molar-refractivity contribution >= 4 is 17.6 Å². The molecule has 1 atom stereocenters. The summed E-state index contributed by atoms with van der Waals surface area (Å²) in [6.07, 6.45) is 1.87. The molecule has 1 amide bonds. The van der Waals surface area contributed by atoms with Crippen LogP contribution in [0.25, 0.3) is 0 Å². The van der Waals surface area contributed by atoms with Gasteiger partial charge in [0.15, 0.2) is 0 Å². The number of carbonyl (C=O) groups excluding carboxylic acids is 1. The SMILES string of the molecule is CCc1cccc(C)c1NC(=O)/C(C#N)=C\NC(C)C(=O)O. The van der Waals surface area contributed by atoms with E-state index in [1.807, 2.05) is 32.0 Å². The van der Waals surface area contributed by atoms with Crippen molar-refractivity contribution in [3.63, 3.8) is 0 Å². The van der Waals surface area contributed by atoms with Gasteiger partial charge in [0.25, 0.3) is 5.91 Å². The number of hydrogen-bond acceptors (Lipinski definition) is 4. The molecule has 0 aromatic heterocycles. The number of carboxylic acids is 1. The monoisotopic (exact) mass is 301 g/mol. The number of para-hydroxylation sites is 1. The number of nitriles is 1. The maximum absolute atomic E-state index is 12.2. The number of carboxylic acid groups (broad SMARTS) is 1. The van der Waals surface area contributed by atoms with Crippen molar-refractivity contribution in [1.82, 2.24) is 5.32 Å². The lowest BCUT2D eigenvalue weighted by Gasteiger charge is -2.13. The normalized spacial score (nSPS) is 12.2. The summed E-state index contributed by atoms with van der Waals surface area (Å²) in [5.41, 5.74) is 2.37. The van der Waals surface area contributed by atoms with E-state index in [0.717, 1.165) is 23.7 Å². The largest absolute Gasteiger partial charge is 0.480 e. The van der Waals surface area contributed by atoms with Crippen molar-refractivity contribution in [2.75, 3.05) is 5.32 Å². The second kappa shape index (κ2) is 7.84. The van der Waals surface area contributed by atoms with Gasteiger partial charge in [-0.1, -0.05) is 25.1 Å². The molecule has 1 unspecified atom stereocenters. The van der Waals surface area contributed by atoms with E-state index in [1.54, 1.807) is 6.07 Å². The standard InChI is InChI=1S/C16H19N3O3/c1-4-12-7-5-6-10(2)14(12)19-15(20)13(8-17)9-18-11(3)16(21)22/h5-7,9,11,18H,4H2,1-3H3,(H,19,20)(H,21,22)/b13-9-. The molecule has 0 heterocycles. The first-order chi connectivity index (χ1) is 10.4. The molecule has 0 aliphatic heterocycles. The lowest BCUT2D eigenvalue weighted by Crippen LogP contribution is -2.30. The molecule has 116 valence electrons. The van der Waals surface area contributed by atoms with Gasteiger partial charge < -0.3 is 15.7 Å². The third kappa shape index (κ3) is 4.35. The highest BCUT2D eigenvalue weighted by molar-refractivity contribution is 6.07. The van der Waals surface area contributed by atoms with E-state index in [1.165, 1.54) is 6.92 Å². The minimum atomic E-state index is -1.07. The maximum atomic E-state index is 12.2. The fourth-order valence-electron chi connectivity index (χ4n) is 1.81. The number of hydrogen-bond donors (Lipinski definition) is 3. The Morgan fingerprint density at radius 3 is 2.68 bits per heavy atom. The van der Waals surface area contributed by atoms with E-state index in [-0.39, 0.29) is 5.57 Å². The van der Waals surface area contributed by atoms with Crippen LogP contribution in [0.1, 0.15) is 25.0 Å². The van der Waals surface area contributed by atoms with Gasteiger partial charge in [-0.05, 0) is 31.4 Å². The highest BCUT2D eigenvalue weighted by atomic mass is 16.4.